The van der Waals surface area contributed by atoms with Crippen LogP contribution in [0.4, 0.5) is 4.39 Å². The van der Waals surface area contributed by atoms with Crippen LogP contribution >= 0.6 is 15.9 Å². The number of carboxylic acid groups (broad SMARTS) is 1. The first kappa shape index (κ1) is 16.9. The Labute approximate surface area is 124 Å². The van der Waals surface area contributed by atoms with Crippen LogP contribution in [0.25, 0.3) is 0 Å². The smallest absolute Gasteiger partial charge is 0.342 e. The van der Waals surface area contributed by atoms with Crippen molar-refractivity contribution >= 4 is 21.9 Å². The van der Waals surface area contributed by atoms with Crippen LogP contribution < -0.4 is 4.74 Å². The lowest BCUT2D eigenvalue weighted by molar-refractivity contribution is -0.152. The van der Waals surface area contributed by atoms with Crippen molar-refractivity contribution in [1.82, 2.24) is 0 Å². The van der Waals surface area contributed by atoms with Gasteiger partial charge in [0.1, 0.15) is 23.7 Å². The summed E-state index contributed by atoms with van der Waals surface area (Å²) in [6, 6.07) is 2.46. The van der Waals surface area contributed by atoms with Crippen molar-refractivity contribution in [3.05, 3.63) is 28.0 Å². The normalized spacial score (nSPS) is 10.8. The van der Waals surface area contributed by atoms with Crippen molar-refractivity contribution < 1.29 is 28.5 Å². The van der Waals surface area contributed by atoms with E-state index in [-0.39, 0.29) is 12.4 Å². The second-order valence-corrected chi connectivity index (χ2v) is 4.63. The van der Waals surface area contributed by atoms with E-state index in [1.165, 1.54) is 6.07 Å². The average molecular weight is 351 g/mol. The van der Waals surface area contributed by atoms with E-state index in [9.17, 15) is 9.18 Å². The Morgan fingerprint density at radius 3 is 2.45 bits per heavy atom. The molecule has 0 saturated heterocycles. The molecule has 0 bridgehead atoms. The van der Waals surface area contributed by atoms with Gasteiger partial charge in [0.05, 0.1) is 0 Å². The fourth-order valence-electron chi connectivity index (χ4n) is 1.55. The monoisotopic (exact) mass is 350 g/mol. The van der Waals surface area contributed by atoms with Gasteiger partial charge < -0.3 is 19.3 Å². The van der Waals surface area contributed by atoms with E-state index < -0.39 is 23.6 Å². The minimum absolute atomic E-state index is 0.0299. The topological polar surface area (TPSA) is 65.0 Å². The van der Waals surface area contributed by atoms with Crippen LogP contribution in [0.1, 0.15) is 24.2 Å². The van der Waals surface area contributed by atoms with E-state index in [0.717, 1.165) is 6.07 Å². The van der Waals surface area contributed by atoms with Gasteiger partial charge in [-0.25, -0.2) is 9.18 Å². The quantitative estimate of drug-likeness (QED) is 0.730. The lowest BCUT2D eigenvalue weighted by Crippen LogP contribution is -2.25. The first-order chi connectivity index (χ1) is 9.49. The highest BCUT2D eigenvalue weighted by Gasteiger charge is 2.20. The van der Waals surface area contributed by atoms with Crippen LogP contribution in [0.2, 0.25) is 0 Å². The molecular weight excluding hydrogens is 335 g/mol. The molecule has 0 saturated carbocycles. The number of hydrogen-bond acceptors (Lipinski definition) is 4. The maximum absolute atomic E-state index is 13.6. The molecule has 1 aromatic carbocycles. The zero-order valence-electron chi connectivity index (χ0n) is 11.2. The van der Waals surface area contributed by atoms with Gasteiger partial charge in [0.25, 0.3) is 0 Å². The van der Waals surface area contributed by atoms with Crippen LogP contribution in [0.15, 0.2) is 16.6 Å². The number of ether oxygens (including phenoxy) is 3. The summed E-state index contributed by atoms with van der Waals surface area (Å²) in [7, 11) is 0. The van der Waals surface area contributed by atoms with Gasteiger partial charge in [-0.3, -0.25) is 0 Å². The van der Waals surface area contributed by atoms with Crippen molar-refractivity contribution in [2.45, 2.75) is 20.1 Å². The van der Waals surface area contributed by atoms with Crippen molar-refractivity contribution in [3.8, 4) is 5.75 Å². The molecule has 0 aliphatic rings. The molecule has 20 heavy (non-hydrogen) atoms. The van der Waals surface area contributed by atoms with Gasteiger partial charge in [-0.15, -0.1) is 0 Å². The Bertz CT molecular complexity index is 460. The summed E-state index contributed by atoms with van der Waals surface area (Å²) >= 11 is 3.09. The van der Waals surface area contributed by atoms with Gasteiger partial charge >= 0.3 is 5.97 Å². The minimum atomic E-state index is -1.39. The molecule has 0 fully saturated rings. The Balaban J connectivity index is 2.87. The molecular formula is C13H16BrFO5. The van der Waals surface area contributed by atoms with Crippen molar-refractivity contribution in [1.29, 1.82) is 0 Å². The fraction of sp³-hybridized carbons (Fsp3) is 0.462. The molecule has 0 unspecified atom stereocenters. The second-order valence-electron chi connectivity index (χ2n) is 3.72. The zero-order valence-corrected chi connectivity index (χ0v) is 12.8. The summed E-state index contributed by atoms with van der Waals surface area (Å²) in [4.78, 5) is 11.1. The predicted octanol–water partition coefficient (Wildman–Crippen LogP) is 3.06. The standard InChI is InChI=1S/C13H16BrFO5/c1-3-18-11(19-4-2)7-20-10-6-8(14)5-9(15)12(10)13(16)17/h5-6,11H,3-4,7H2,1-2H3,(H,16,17). The highest BCUT2D eigenvalue weighted by Crippen LogP contribution is 2.27. The highest BCUT2D eigenvalue weighted by atomic mass is 79.9. The zero-order chi connectivity index (χ0) is 15.1. The molecule has 0 spiro atoms. The fourth-order valence-corrected chi connectivity index (χ4v) is 1.95. The molecule has 0 amide bonds. The van der Waals surface area contributed by atoms with E-state index in [0.29, 0.717) is 17.7 Å². The summed E-state index contributed by atoms with van der Waals surface area (Å²) in [5.41, 5.74) is -0.514. The van der Waals surface area contributed by atoms with Crippen LogP contribution in [-0.2, 0) is 9.47 Å². The van der Waals surface area contributed by atoms with Crippen LogP contribution in [0, 0.1) is 5.82 Å². The number of halogens is 2. The van der Waals surface area contributed by atoms with Gasteiger partial charge in [0.15, 0.2) is 6.29 Å². The molecule has 0 aliphatic carbocycles. The Kier molecular flexibility index (Phi) is 6.90. The lowest BCUT2D eigenvalue weighted by Gasteiger charge is -2.18. The lowest BCUT2D eigenvalue weighted by atomic mass is 10.2. The third kappa shape index (κ3) is 4.73. The third-order valence-electron chi connectivity index (χ3n) is 2.31. The predicted molar refractivity (Wildman–Crippen MR) is 73.6 cm³/mol. The summed E-state index contributed by atoms with van der Waals surface area (Å²) in [5.74, 6) is -2.34. The van der Waals surface area contributed by atoms with Gasteiger partial charge in [0, 0.05) is 17.7 Å². The van der Waals surface area contributed by atoms with E-state index in [2.05, 4.69) is 15.9 Å². The molecule has 1 N–H and O–H groups in total. The minimum Gasteiger partial charge on any atom is -0.487 e. The Morgan fingerprint density at radius 1 is 1.35 bits per heavy atom. The average Bonchev–Trinajstić information content (AvgIpc) is 2.35. The summed E-state index contributed by atoms with van der Waals surface area (Å²) in [6.07, 6.45) is -0.631. The first-order valence-corrected chi connectivity index (χ1v) is 6.87. The Morgan fingerprint density at radius 2 is 1.95 bits per heavy atom. The summed E-state index contributed by atoms with van der Waals surface area (Å²) < 4.78 is 29.9. The number of benzene rings is 1. The molecule has 0 radical (unpaired) electrons. The molecule has 1 aromatic rings. The SMILES string of the molecule is CCOC(COc1cc(Br)cc(F)c1C(=O)O)OCC. The number of rotatable bonds is 8. The maximum Gasteiger partial charge on any atom is 0.342 e. The third-order valence-corrected chi connectivity index (χ3v) is 2.77. The summed E-state index contributed by atoms with van der Waals surface area (Å²) in [6.45, 7) is 4.41. The number of hydrogen-bond donors (Lipinski definition) is 1. The van der Waals surface area contributed by atoms with Crippen molar-refractivity contribution in [2.75, 3.05) is 19.8 Å². The molecule has 1 rings (SSSR count). The van der Waals surface area contributed by atoms with Gasteiger partial charge in [-0.05, 0) is 26.0 Å². The first-order valence-electron chi connectivity index (χ1n) is 6.07. The molecule has 7 heteroatoms. The second kappa shape index (κ2) is 8.18. The van der Waals surface area contributed by atoms with Gasteiger partial charge in [-0.2, -0.15) is 0 Å². The van der Waals surface area contributed by atoms with E-state index in [1.54, 1.807) is 13.8 Å². The van der Waals surface area contributed by atoms with Gasteiger partial charge in [0.2, 0.25) is 0 Å². The Hall–Kier alpha value is -1.18. The number of carboxylic acids is 1. The molecule has 0 aliphatic heterocycles. The molecule has 112 valence electrons. The van der Waals surface area contributed by atoms with Crippen LogP contribution in [-0.4, -0.2) is 37.2 Å². The largest absolute Gasteiger partial charge is 0.487 e. The van der Waals surface area contributed by atoms with E-state index in [4.69, 9.17) is 19.3 Å². The summed E-state index contributed by atoms with van der Waals surface area (Å²) in [5, 5.41) is 9.01. The van der Waals surface area contributed by atoms with E-state index in [1.807, 2.05) is 0 Å². The van der Waals surface area contributed by atoms with Crippen LogP contribution in [0.5, 0.6) is 5.75 Å². The van der Waals surface area contributed by atoms with Crippen molar-refractivity contribution in [3.63, 3.8) is 0 Å². The van der Waals surface area contributed by atoms with Crippen LogP contribution in [0.3, 0.4) is 0 Å². The highest BCUT2D eigenvalue weighted by molar-refractivity contribution is 9.10. The van der Waals surface area contributed by atoms with Crippen molar-refractivity contribution in [2.24, 2.45) is 0 Å². The van der Waals surface area contributed by atoms with Gasteiger partial charge in [-0.1, -0.05) is 15.9 Å². The molecule has 5 nitrogen and oxygen atoms in total. The molecule has 0 aromatic heterocycles. The van der Waals surface area contributed by atoms with E-state index >= 15 is 0 Å². The number of aromatic carboxylic acids is 1. The molecule has 0 heterocycles. The maximum atomic E-state index is 13.6. The molecule has 0 atom stereocenters. The number of carbonyl (C=O) groups is 1.